The molecule has 0 saturated heterocycles. The number of hydrogen-bond donors (Lipinski definition) is 0. The molecule has 26 heavy (non-hydrogen) atoms. The molecule has 2 aromatic rings. The van der Waals surface area contributed by atoms with Crippen molar-refractivity contribution in [2.75, 3.05) is 12.8 Å². The largest absolute Gasteiger partial charge is 0.326 e. The van der Waals surface area contributed by atoms with Gasteiger partial charge in [-0.05, 0) is 37.7 Å². The Balaban J connectivity index is 1.51. The molecule has 7 heteroatoms. The van der Waals surface area contributed by atoms with Gasteiger partial charge in [0.1, 0.15) is 21.7 Å². The van der Waals surface area contributed by atoms with Gasteiger partial charge in [-0.15, -0.1) is 11.3 Å². The molecule has 136 valence electrons. The van der Waals surface area contributed by atoms with E-state index in [0.29, 0.717) is 5.75 Å². The van der Waals surface area contributed by atoms with Crippen LogP contribution in [0.4, 0.5) is 0 Å². The Morgan fingerprint density at radius 3 is 2.88 bits per heavy atom. The van der Waals surface area contributed by atoms with Crippen LogP contribution < -0.4 is 0 Å². The summed E-state index contributed by atoms with van der Waals surface area (Å²) in [6.45, 7) is 0. The Morgan fingerprint density at radius 2 is 2.12 bits per heavy atom. The number of thiophene rings is 1. The SMILES string of the molecule is CN(C(=O)CSc1ncnc2sc3c(c12)CCC3)C1(C#N)CCCCC1. The highest BCUT2D eigenvalue weighted by molar-refractivity contribution is 8.00. The first-order valence-electron chi connectivity index (χ1n) is 9.20. The summed E-state index contributed by atoms with van der Waals surface area (Å²) >= 11 is 3.25. The van der Waals surface area contributed by atoms with E-state index in [9.17, 15) is 10.1 Å². The normalized spacial score (nSPS) is 18.5. The molecular weight excluding hydrogens is 364 g/mol. The van der Waals surface area contributed by atoms with E-state index in [1.54, 1.807) is 29.6 Å². The highest BCUT2D eigenvalue weighted by Crippen LogP contribution is 2.40. The number of fused-ring (bicyclic) bond motifs is 3. The molecule has 1 amide bonds. The quantitative estimate of drug-likeness (QED) is 0.588. The number of carbonyl (C=O) groups excluding carboxylic acids is 1. The molecule has 0 atom stereocenters. The minimum Gasteiger partial charge on any atom is -0.326 e. The van der Waals surface area contributed by atoms with Crippen molar-refractivity contribution >= 4 is 39.2 Å². The van der Waals surface area contributed by atoms with Gasteiger partial charge in [-0.25, -0.2) is 9.97 Å². The molecule has 0 aliphatic heterocycles. The lowest BCUT2D eigenvalue weighted by molar-refractivity contribution is -0.131. The maximum absolute atomic E-state index is 12.8. The van der Waals surface area contributed by atoms with E-state index in [4.69, 9.17) is 0 Å². The molecule has 2 aromatic heterocycles. The van der Waals surface area contributed by atoms with E-state index in [0.717, 1.165) is 60.2 Å². The Bertz CT molecular complexity index is 880. The van der Waals surface area contributed by atoms with Crippen LogP contribution in [0.25, 0.3) is 10.2 Å². The number of hydrogen-bond acceptors (Lipinski definition) is 6. The van der Waals surface area contributed by atoms with Crippen LogP contribution in [0, 0.1) is 11.3 Å². The van der Waals surface area contributed by atoms with Crippen LogP contribution in [0.2, 0.25) is 0 Å². The molecule has 1 fully saturated rings. The third-order valence-corrected chi connectivity index (χ3v) is 7.88. The van der Waals surface area contributed by atoms with Crippen molar-refractivity contribution in [1.82, 2.24) is 14.9 Å². The van der Waals surface area contributed by atoms with Crippen LogP contribution in [0.15, 0.2) is 11.4 Å². The zero-order valence-corrected chi connectivity index (χ0v) is 16.6. The van der Waals surface area contributed by atoms with Gasteiger partial charge in [-0.1, -0.05) is 31.0 Å². The van der Waals surface area contributed by atoms with E-state index in [2.05, 4.69) is 16.0 Å². The number of amides is 1. The fourth-order valence-electron chi connectivity index (χ4n) is 4.13. The summed E-state index contributed by atoms with van der Waals surface area (Å²) < 4.78 is 0. The predicted molar refractivity (Wildman–Crippen MR) is 104 cm³/mol. The van der Waals surface area contributed by atoms with E-state index in [1.807, 2.05) is 0 Å². The van der Waals surface area contributed by atoms with Gasteiger partial charge in [0.05, 0.1) is 11.8 Å². The first-order valence-corrected chi connectivity index (χ1v) is 11.0. The van der Waals surface area contributed by atoms with Gasteiger partial charge in [-0.2, -0.15) is 5.26 Å². The van der Waals surface area contributed by atoms with E-state index >= 15 is 0 Å². The maximum atomic E-state index is 12.8. The monoisotopic (exact) mass is 386 g/mol. The van der Waals surface area contributed by atoms with Crippen molar-refractivity contribution in [2.45, 2.75) is 61.9 Å². The zero-order valence-electron chi connectivity index (χ0n) is 15.0. The minimum absolute atomic E-state index is 0.0112. The van der Waals surface area contributed by atoms with Gasteiger partial charge in [0.25, 0.3) is 0 Å². The van der Waals surface area contributed by atoms with Crippen molar-refractivity contribution in [1.29, 1.82) is 5.26 Å². The Labute approximate surface area is 161 Å². The van der Waals surface area contributed by atoms with E-state index in [-0.39, 0.29) is 5.91 Å². The maximum Gasteiger partial charge on any atom is 0.234 e. The number of nitriles is 1. The molecule has 2 aliphatic carbocycles. The van der Waals surface area contributed by atoms with Gasteiger partial charge in [0.2, 0.25) is 5.91 Å². The fraction of sp³-hybridized carbons (Fsp3) is 0.579. The molecule has 1 saturated carbocycles. The molecule has 0 aromatic carbocycles. The lowest BCUT2D eigenvalue weighted by Gasteiger charge is -2.39. The van der Waals surface area contributed by atoms with Gasteiger partial charge in [0, 0.05) is 17.3 Å². The summed E-state index contributed by atoms with van der Waals surface area (Å²) in [6, 6.07) is 2.43. The van der Waals surface area contributed by atoms with Gasteiger partial charge >= 0.3 is 0 Å². The molecule has 0 N–H and O–H groups in total. The van der Waals surface area contributed by atoms with Gasteiger partial charge in [0.15, 0.2) is 0 Å². The van der Waals surface area contributed by atoms with Crippen molar-refractivity contribution < 1.29 is 4.79 Å². The third-order valence-electron chi connectivity index (χ3n) is 5.70. The van der Waals surface area contributed by atoms with Crippen LogP contribution in [-0.2, 0) is 17.6 Å². The predicted octanol–water partition coefficient (Wildman–Crippen LogP) is 3.96. The molecule has 0 radical (unpaired) electrons. The molecule has 2 heterocycles. The Kier molecular flexibility index (Phi) is 4.89. The number of rotatable bonds is 4. The Morgan fingerprint density at radius 1 is 1.31 bits per heavy atom. The van der Waals surface area contributed by atoms with Crippen molar-refractivity contribution in [3.8, 4) is 6.07 Å². The summed E-state index contributed by atoms with van der Waals surface area (Å²) in [5.74, 6) is 0.327. The molecule has 0 bridgehead atoms. The summed E-state index contributed by atoms with van der Waals surface area (Å²) in [5, 5.41) is 11.8. The van der Waals surface area contributed by atoms with Crippen LogP contribution >= 0.6 is 23.1 Å². The summed E-state index contributed by atoms with van der Waals surface area (Å²) in [6.07, 6.45) is 9.78. The molecular formula is C19H22N4OS2. The molecule has 0 spiro atoms. The highest BCUT2D eigenvalue weighted by atomic mass is 32.2. The van der Waals surface area contributed by atoms with Crippen LogP contribution in [0.3, 0.4) is 0 Å². The first kappa shape index (κ1) is 17.7. The molecule has 0 unspecified atom stereocenters. The van der Waals surface area contributed by atoms with Crippen molar-refractivity contribution in [2.24, 2.45) is 0 Å². The standard InChI is InChI=1S/C19H22N4OS2/c1-23(19(11-20)8-3-2-4-9-19)15(24)10-25-17-16-13-6-5-7-14(13)26-18(16)22-12-21-17/h12H,2-10H2,1H3. The van der Waals surface area contributed by atoms with E-state index in [1.165, 1.54) is 28.6 Å². The van der Waals surface area contributed by atoms with Gasteiger partial charge < -0.3 is 4.90 Å². The molecule has 4 rings (SSSR count). The Hall–Kier alpha value is -1.65. The zero-order chi connectivity index (χ0) is 18.1. The third kappa shape index (κ3) is 2.99. The fourth-order valence-corrected chi connectivity index (χ4v) is 6.37. The minimum atomic E-state index is -0.624. The first-order chi connectivity index (χ1) is 12.6. The number of aromatic nitrogens is 2. The van der Waals surface area contributed by atoms with Gasteiger partial charge in [-0.3, -0.25) is 4.79 Å². The lowest BCUT2D eigenvalue weighted by Crippen LogP contribution is -2.50. The van der Waals surface area contributed by atoms with Crippen molar-refractivity contribution in [3.63, 3.8) is 0 Å². The number of thioether (sulfide) groups is 1. The summed E-state index contributed by atoms with van der Waals surface area (Å²) in [4.78, 5) is 25.8. The van der Waals surface area contributed by atoms with Crippen LogP contribution in [0.5, 0.6) is 0 Å². The summed E-state index contributed by atoms with van der Waals surface area (Å²) in [5.41, 5.74) is 0.759. The van der Waals surface area contributed by atoms with Crippen LogP contribution in [0.1, 0.15) is 49.0 Å². The number of carbonyl (C=O) groups is 1. The topological polar surface area (TPSA) is 69.9 Å². The second-order valence-corrected chi connectivity index (χ2v) is 9.21. The van der Waals surface area contributed by atoms with Crippen LogP contribution in [-0.4, -0.2) is 39.1 Å². The number of aryl methyl sites for hydroxylation is 2. The lowest BCUT2D eigenvalue weighted by atomic mass is 9.81. The summed E-state index contributed by atoms with van der Waals surface area (Å²) in [7, 11) is 1.79. The number of nitrogens with zero attached hydrogens (tertiary/aromatic N) is 4. The average molecular weight is 387 g/mol. The van der Waals surface area contributed by atoms with E-state index < -0.39 is 5.54 Å². The van der Waals surface area contributed by atoms with Crippen molar-refractivity contribution in [3.05, 3.63) is 16.8 Å². The second-order valence-electron chi connectivity index (χ2n) is 7.16. The molecule has 5 nitrogen and oxygen atoms in total. The smallest absolute Gasteiger partial charge is 0.234 e. The second kappa shape index (κ2) is 7.16. The molecule has 2 aliphatic rings. The highest BCUT2D eigenvalue weighted by Gasteiger charge is 2.38. The average Bonchev–Trinajstić information content (AvgIpc) is 3.27.